The predicted molar refractivity (Wildman–Crippen MR) is 81.1 cm³/mol. The van der Waals surface area contributed by atoms with Gasteiger partial charge in [0.15, 0.2) is 0 Å². The number of likely N-dealkylation sites (tertiary alicyclic amines) is 1. The molecule has 7 heteroatoms. The first kappa shape index (κ1) is 17.1. The molecule has 0 saturated carbocycles. The van der Waals surface area contributed by atoms with Gasteiger partial charge in [0, 0.05) is 24.0 Å². The van der Waals surface area contributed by atoms with Gasteiger partial charge in [0.25, 0.3) is 12.3 Å². The molecule has 0 aliphatic carbocycles. The third-order valence-electron chi connectivity index (χ3n) is 3.74. The second kappa shape index (κ2) is 7.87. The monoisotopic (exact) mass is 332 g/mol. The summed E-state index contributed by atoms with van der Waals surface area (Å²) in [4.78, 5) is 14.5. The molecule has 0 spiro atoms. The van der Waals surface area contributed by atoms with Gasteiger partial charge in [-0.05, 0) is 31.2 Å². The number of carbonyl (C=O) groups is 1. The molecule has 1 aliphatic heterocycles. The fourth-order valence-electron chi connectivity index (χ4n) is 2.61. The summed E-state index contributed by atoms with van der Waals surface area (Å²) < 4.78 is 38.5. The van der Waals surface area contributed by atoms with Gasteiger partial charge >= 0.3 is 0 Å². The second-order valence-electron chi connectivity index (χ2n) is 5.26. The molecule has 1 aromatic rings. The molecule has 22 heavy (non-hydrogen) atoms. The fraction of sp³-hybridized carbons (Fsp3) is 0.533. The standard InChI is InChI=1S/C15H19F3N2OS/c1-22-12-4-2-3-11(16)14(12)15(21)19-10-5-7-20(8-6-10)9-13(17)18/h2-4,10,13H,5-9H2,1H3,(H,19,21). The number of hydrogen-bond acceptors (Lipinski definition) is 3. The molecule has 0 unspecified atom stereocenters. The Bertz CT molecular complexity index is 520. The van der Waals surface area contributed by atoms with E-state index in [1.165, 1.54) is 17.8 Å². The van der Waals surface area contributed by atoms with Crippen LogP contribution in [0.3, 0.4) is 0 Å². The van der Waals surface area contributed by atoms with E-state index in [-0.39, 0.29) is 18.2 Å². The van der Waals surface area contributed by atoms with Gasteiger partial charge in [-0.15, -0.1) is 11.8 Å². The van der Waals surface area contributed by atoms with E-state index in [0.29, 0.717) is 30.8 Å². The van der Waals surface area contributed by atoms with Crippen LogP contribution in [0.15, 0.2) is 23.1 Å². The maximum absolute atomic E-state index is 13.9. The summed E-state index contributed by atoms with van der Waals surface area (Å²) in [6.07, 6.45) is 0.644. The van der Waals surface area contributed by atoms with Crippen molar-refractivity contribution in [2.24, 2.45) is 0 Å². The average Bonchev–Trinajstić information content (AvgIpc) is 2.48. The largest absolute Gasteiger partial charge is 0.349 e. The Morgan fingerprint density at radius 1 is 1.41 bits per heavy atom. The van der Waals surface area contributed by atoms with Crippen LogP contribution in [0.4, 0.5) is 13.2 Å². The van der Waals surface area contributed by atoms with Crippen molar-refractivity contribution >= 4 is 17.7 Å². The molecule has 1 N–H and O–H groups in total. The van der Waals surface area contributed by atoms with E-state index in [2.05, 4.69) is 5.32 Å². The third-order valence-corrected chi connectivity index (χ3v) is 4.52. The van der Waals surface area contributed by atoms with Gasteiger partial charge in [0.1, 0.15) is 5.82 Å². The number of rotatable bonds is 5. The lowest BCUT2D eigenvalue weighted by atomic mass is 10.0. The van der Waals surface area contributed by atoms with E-state index in [9.17, 15) is 18.0 Å². The van der Waals surface area contributed by atoms with Gasteiger partial charge in [-0.1, -0.05) is 6.07 Å². The molecule has 1 heterocycles. The van der Waals surface area contributed by atoms with Gasteiger partial charge < -0.3 is 5.32 Å². The highest BCUT2D eigenvalue weighted by molar-refractivity contribution is 7.98. The lowest BCUT2D eigenvalue weighted by Gasteiger charge is -2.32. The molecule has 1 amide bonds. The van der Waals surface area contributed by atoms with Crippen molar-refractivity contribution in [1.29, 1.82) is 0 Å². The maximum atomic E-state index is 13.9. The minimum absolute atomic E-state index is 0.0602. The Morgan fingerprint density at radius 3 is 2.68 bits per heavy atom. The quantitative estimate of drug-likeness (QED) is 0.842. The SMILES string of the molecule is CSc1cccc(F)c1C(=O)NC1CCN(CC(F)F)CC1. The number of piperidine rings is 1. The highest BCUT2D eigenvalue weighted by Crippen LogP contribution is 2.23. The number of benzene rings is 1. The number of hydrogen-bond donors (Lipinski definition) is 1. The van der Waals surface area contributed by atoms with E-state index in [0.717, 1.165) is 0 Å². The van der Waals surface area contributed by atoms with Crippen LogP contribution >= 0.6 is 11.8 Å². The highest BCUT2D eigenvalue weighted by Gasteiger charge is 2.24. The number of amides is 1. The highest BCUT2D eigenvalue weighted by atomic mass is 32.2. The van der Waals surface area contributed by atoms with Crippen LogP contribution in [0.2, 0.25) is 0 Å². The van der Waals surface area contributed by atoms with E-state index in [4.69, 9.17) is 0 Å². The van der Waals surface area contributed by atoms with Crippen molar-refractivity contribution in [2.75, 3.05) is 25.9 Å². The Kier molecular flexibility index (Phi) is 6.14. The second-order valence-corrected chi connectivity index (χ2v) is 6.10. The zero-order valence-corrected chi connectivity index (χ0v) is 13.1. The Hall–Kier alpha value is -1.21. The van der Waals surface area contributed by atoms with E-state index in [1.807, 2.05) is 0 Å². The van der Waals surface area contributed by atoms with Crippen molar-refractivity contribution in [3.8, 4) is 0 Å². The van der Waals surface area contributed by atoms with E-state index < -0.39 is 18.1 Å². The van der Waals surface area contributed by atoms with Crippen molar-refractivity contribution in [1.82, 2.24) is 10.2 Å². The van der Waals surface area contributed by atoms with Crippen LogP contribution in [0.25, 0.3) is 0 Å². The Balaban J connectivity index is 1.94. The van der Waals surface area contributed by atoms with Crippen molar-refractivity contribution < 1.29 is 18.0 Å². The van der Waals surface area contributed by atoms with Gasteiger partial charge in [0.2, 0.25) is 0 Å². The first-order valence-electron chi connectivity index (χ1n) is 7.15. The summed E-state index contributed by atoms with van der Waals surface area (Å²) in [6, 6.07) is 4.44. The molecule has 1 aliphatic rings. The Labute approximate surface area is 132 Å². The summed E-state index contributed by atoms with van der Waals surface area (Å²) in [5, 5.41) is 2.82. The van der Waals surface area contributed by atoms with Crippen molar-refractivity contribution in [2.45, 2.75) is 30.2 Å². The molecule has 122 valence electrons. The fourth-order valence-corrected chi connectivity index (χ4v) is 3.22. The molecule has 0 bridgehead atoms. The summed E-state index contributed by atoms with van der Waals surface area (Å²) in [7, 11) is 0. The van der Waals surface area contributed by atoms with E-state index >= 15 is 0 Å². The summed E-state index contributed by atoms with van der Waals surface area (Å²) in [6.45, 7) is 0.800. The zero-order valence-electron chi connectivity index (χ0n) is 12.3. The summed E-state index contributed by atoms with van der Waals surface area (Å²) in [5.41, 5.74) is 0.0602. The normalized spacial score (nSPS) is 17.0. The molecule has 0 aromatic heterocycles. The topological polar surface area (TPSA) is 32.3 Å². The molecule has 0 atom stereocenters. The molecular weight excluding hydrogens is 313 g/mol. The van der Waals surface area contributed by atoms with Crippen LogP contribution in [0.1, 0.15) is 23.2 Å². The maximum Gasteiger partial charge on any atom is 0.255 e. The molecule has 0 radical (unpaired) electrons. The number of nitrogens with zero attached hydrogens (tertiary/aromatic N) is 1. The van der Waals surface area contributed by atoms with Crippen LogP contribution < -0.4 is 5.32 Å². The van der Waals surface area contributed by atoms with Gasteiger partial charge in [-0.25, -0.2) is 13.2 Å². The number of halogens is 3. The average molecular weight is 332 g/mol. The minimum Gasteiger partial charge on any atom is -0.349 e. The van der Waals surface area contributed by atoms with Crippen molar-refractivity contribution in [3.63, 3.8) is 0 Å². The molecule has 3 nitrogen and oxygen atoms in total. The lowest BCUT2D eigenvalue weighted by molar-refractivity contribution is 0.0694. The summed E-state index contributed by atoms with van der Waals surface area (Å²) in [5.74, 6) is -0.978. The van der Waals surface area contributed by atoms with Gasteiger partial charge in [-0.3, -0.25) is 9.69 Å². The van der Waals surface area contributed by atoms with Crippen molar-refractivity contribution in [3.05, 3.63) is 29.6 Å². The van der Waals surface area contributed by atoms with Crippen LogP contribution in [-0.4, -0.2) is 49.2 Å². The smallest absolute Gasteiger partial charge is 0.255 e. The van der Waals surface area contributed by atoms with Crippen LogP contribution in [0, 0.1) is 5.82 Å². The molecular formula is C15H19F3N2OS. The predicted octanol–water partition coefficient (Wildman–Crippen LogP) is 3.01. The zero-order chi connectivity index (χ0) is 16.1. The van der Waals surface area contributed by atoms with Crippen LogP contribution in [-0.2, 0) is 0 Å². The Morgan fingerprint density at radius 2 is 2.09 bits per heavy atom. The summed E-state index contributed by atoms with van der Waals surface area (Å²) >= 11 is 1.31. The number of alkyl halides is 2. The van der Waals surface area contributed by atoms with Gasteiger partial charge in [-0.2, -0.15) is 0 Å². The van der Waals surface area contributed by atoms with Gasteiger partial charge in [0.05, 0.1) is 12.1 Å². The van der Waals surface area contributed by atoms with E-state index in [1.54, 1.807) is 23.3 Å². The van der Waals surface area contributed by atoms with Crippen LogP contribution in [0.5, 0.6) is 0 Å². The first-order valence-corrected chi connectivity index (χ1v) is 8.37. The number of carbonyl (C=O) groups excluding carboxylic acids is 1. The number of nitrogens with one attached hydrogen (secondary N) is 1. The minimum atomic E-state index is -2.34. The first-order chi connectivity index (χ1) is 10.5. The molecule has 1 saturated heterocycles. The lowest BCUT2D eigenvalue weighted by Crippen LogP contribution is -2.46. The molecule has 1 aromatic carbocycles. The molecule has 1 fully saturated rings. The third kappa shape index (κ3) is 4.39. The number of thioether (sulfide) groups is 1. The molecule has 2 rings (SSSR count).